The van der Waals surface area contributed by atoms with Crippen LogP contribution < -0.4 is 0 Å². The zero-order valence-corrected chi connectivity index (χ0v) is 18.1. The third-order valence-corrected chi connectivity index (χ3v) is 20.1. The van der Waals surface area contributed by atoms with E-state index in [2.05, 4.69) is 40.7 Å². The topological polar surface area (TPSA) is 9.23 Å². The van der Waals surface area contributed by atoms with Gasteiger partial charge in [0.1, 0.15) is 0 Å². The molecule has 0 aromatic rings. The van der Waals surface area contributed by atoms with Crippen molar-refractivity contribution in [1.82, 2.24) is 0 Å². The normalized spacial score (nSPS) is 18.2. The number of allylic oxidation sites excluding steroid dienone is 1. The Morgan fingerprint density at radius 1 is 0.952 bits per heavy atom. The van der Waals surface area contributed by atoms with Gasteiger partial charge in [0, 0.05) is 0 Å². The minimum atomic E-state index is -2.29. The zero-order valence-electron chi connectivity index (χ0n) is 15.3. The Bertz CT molecular complexity index is 298. The van der Waals surface area contributed by atoms with E-state index in [9.17, 15) is 0 Å². The van der Waals surface area contributed by atoms with E-state index in [4.69, 9.17) is 4.74 Å². The van der Waals surface area contributed by atoms with Crippen molar-refractivity contribution < 1.29 is 4.74 Å². The molecule has 1 aliphatic heterocycles. The van der Waals surface area contributed by atoms with E-state index in [0.29, 0.717) is 0 Å². The summed E-state index contributed by atoms with van der Waals surface area (Å²) >= 11 is -2.29. The summed E-state index contributed by atoms with van der Waals surface area (Å²) in [6.07, 6.45) is 13.2. The predicted molar refractivity (Wildman–Crippen MR) is 97.4 cm³/mol. The van der Waals surface area contributed by atoms with E-state index < -0.39 is 18.4 Å². The van der Waals surface area contributed by atoms with Crippen LogP contribution in [-0.4, -0.2) is 24.0 Å². The van der Waals surface area contributed by atoms with Crippen LogP contribution in [0.4, 0.5) is 0 Å². The molecule has 2 heteroatoms. The molecule has 0 saturated heterocycles. The van der Waals surface area contributed by atoms with Gasteiger partial charge < -0.3 is 0 Å². The van der Waals surface area contributed by atoms with Crippen molar-refractivity contribution in [3.05, 3.63) is 9.85 Å². The average molecular weight is 401 g/mol. The molecule has 0 spiro atoms. The van der Waals surface area contributed by atoms with Gasteiger partial charge in [-0.3, -0.25) is 0 Å². The first-order valence-corrected chi connectivity index (χ1v) is 16.9. The van der Waals surface area contributed by atoms with Gasteiger partial charge in [-0.25, -0.2) is 0 Å². The molecule has 1 heterocycles. The fourth-order valence-corrected chi connectivity index (χ4v) is 19.7. The van der Waals surface area contributed by atoms with Gasteiger partial charge in [0.05, 0.1) is 0 Å². The molecular formula is C19H38OSn. The summed E-state index contributed by atoms with van der Waals surface area (Å²) in [5.41, 5.74) is 0.0803. The van der Waals surface area contributed by atoms with Gasteiger partial charge in [-0.15, -0.1) is 0 Å². The predicted octanol–water partition coefficient (Wildman–Crippen LogP) is 6.85. The van der Waals surface area contributed by atoms with E-state index in [1.54, 1.807) is 3.78 Å². The van der Waals surface area contributed by atoms with Crippen molar-refractivity contribution in [2.24, 2.45) is 0 Å². The van der Waals surface area contributed by atoms with Crippen molar-refractivity contribution in [3.63, 3.8) is 0 Å². The molecule has 0 radical (unpaired) electrons. The summed E-state index contributed by atoms with van der Waals surface area (Å²) in [4.78, 5) is 0. The fraction of sp³-hybridized carbons (Fsp3) is 0.895. The first kappa shape index (κ1) is 19.4. The Labute approximate surface area is 137 Å². The molecule has 0 aromatic carbocycles. The minimum absolute atomic E-state index is 0.0803. The third-order valence-electron chi connectivity index (χ3n) is 5.01. The molecule has 1 nitrogen and oxygen atoms in total. The molecule has 0 aliphatic carbocycles. The second-order valence-corrected chi connectivity index (χ2v) is 20.6. The average Bonchev–Trinajstić information content (AvgIpc) is 2.46. The first-order chi connectivity index (χ1) is 9.99. The Morgan fingerprint density at radius 3 is 1.81 bits per heavy atom. The summed E-state index contributed by atoms with van der Waals surface area (Å²) in [6.45, 7) is 11.6. The Morgan fingerprint density at radius 2 is 1.43 bits per heavy atom. The quantitative estimate of drug-likeness (QED) is 0.364. The van der Waals surface area contributed by atoms with Crippen LogP contribution in [0.25, 0.3) is 0 Å². The van der Waals surface area contributed by atoms with Crippen molar-refractivity contribution >= 4 is 18.4 Å². The first-order valence-electron chi connectivity index (χ1n) is 9.39. The van der Waals surface area contributed by atoms with Crippen LogP contribution in [-0.2, 0) is 4.74 Å². The van der Waals surface area contributed by atoms with Crippen LogP contribution in [0.2, 0.25) is 13.3 Å². The van der Waals surface area contributed by atoms with Gasteiger partial charge in [0.15, 0.2) is 0 Å². The molecule has 0 aromatic heterocycles. The van der Waals surface area contributed by atoms with E-state index in [1.165, 1.54) is 64.7 Å². The molecule has 0 amide bonds. The van der Waals surface area contributed by atoms with Gasteiger partial charge in [0.25, 0.3) is 0 Å². The van der Waals surface area contributed by atoms with Gasteiger partial charge in [0.2, 0.25) is 0 Å². The van der Waals surface area contributed by atoms with Gasteiger partial charge in [-0.2, -0.15) is 0 Å². The Balaban J connectivity index is 2.97. The van der Waals surface area contributed by atoms with Crippen LogP contribution in [0.3, 0.4) is 0 Å². The third kappa shape index (κ3) is 6.15. The number of ether oxygens (including phenoxy) is 1. The van der Waals surface area contributed by atoms with Crippen molar-refractivity contribution in [2.45, 2.75) is 105 Å². The molecule has 21 heavy (non-hydrogen) atoms. The standard InChI is InChI=1S/C7H11O.3C4H9.Sn/c1-7(2)5-3-4-6-8-7;3*1-3-4-2;/h4H,3,5H2,1-2H3;3*1,3-4H2,2H3;. The van der Waals surface area contributed by atoms with Crippen LogP contribution in [0, 0.1) is 0 Å². The summed E-state index contributed by atoms with van der Waals surface area (Å²) in [7, 11) is 0. The summed E-state index contributed by atoms with van der Waals surface area (Å²) in [5, 5.41) is 0. The maximum absolute atomic E-state index is 6.58. The SMILES string of the molecule is CCC[CH2][Sn]([CH2]CCC)([CH2]CCC)[C]1=CCCC(C)(C)O1. The van der Waals surface area contributed by atoms with Gasteiger partial charge >= 0.3 is 138 Å². The number of rotatable bonds is 10. The van der Waals surface area contributed by atoms with Crippen LogP contribution in [0.15, 0.2) is 9.85 Å². The van der Waals surface area contributed by atoms with Gasteiger partial charge in [-0.1, -0.05) is 0 Å². The molecule has 124 valence electrons. The van der Waals surface area contributed by atoms with Crippen molar-refractivity contribution in [3.8, 4) is 0 Å². The summed E-state index contributed by atoms with van der Waals surface area (Å²) in [6, 6.07) is 0. The monoisotopic (exact) mass is 402 g/mol. The fourth-order valence-electron chi connectivity index (χ4n) is 3.56. The second kappa shape index (κ2) is 9.47. The molecule has 0 bridgehead atoms. The van der Waals surface area contributed by atoms with E-state index in [0.717, 1.165) is 0 Å². The molecule has 0 unspecified atom stereocenters. The molecular weight excluding hydrogens is 363 g/mol. The zero-order chi connectivity index (χ0) is 15.8. The van der Waals surface area contributed by atoms with Crippen molar-refractivity contribution in [2.75, 3.05) is 0 Å². The Kier molecular flexibility index (Phi) is 8.74. The van der Waals surface area contributed by atoms with E-state index in [-0.39, 0.29) is 5.60 Å². The van der Waals surface area contributed by atoms with Crippen molar-refractivity contribution in [1.29, 1.82) is 0 Å². The Hall–Kier alpha value is 0.339. The number of hydrogen-bond acceptors (Lipinski definition) is 1. The molecule has 0 atom stereocenters. The molecule has 1 aliphatic rings. The molecule has 0 saturated carbocycles. The van der Waals surface area contributed by atoms with E-state index in [1.807, 2.05) is 0 Å². The summed E-state index contributed by atoms with van der Waals surface area (Å²) < 4.78 is 12.7. The second-order valence-electron chi connectivity index (χ2n) is 7.56. The summed E-state index contributed by atoms with van der Waals surface area (Å²) in [5.74, 6) is 0. The number of unbranched alkanes of at least 4 members (excludes halogenated alkanes) is 3. The molecule has 0 fully saturated rings. The maximum atomic E-state index is 6.58. The molecule has 1 rings (SSSR count). The van der Waals surface area contributed by atoms with Crippen LogP contribution >= 0.6 is 0 Å². The van der Waals surface area contributed by atoms with E-state index >= 15 is 0 Å². The van der Waals surface area contributed by atoms with Crippen LogP contribution in [0.1, 0.15) is 86.0 Å². The van der Waals surface area contributed by atoms with Gasteiger partial charge in [-0.05, 0) is 0 Å². The molecule has 0 N–H and O–H groups in total. The number of hydrogen-bond donors (Lipinski definition) is 0. The van der Waals surface area contributed by atoms with Crippen LogP contribution in [0.5, 0.6) is 0 Å².